The molecular weight excluding hydrogens is 252 g/mol. The van der Waals surface area contributed by atoms with Crippen LogP contribution in [-0.4, -0.2) is 18.1 Å². The molecule has 2 aliphatic rings. The number of pyridine rings is 1. The van der Waals surface area contributed by atoms with Crippen molar-refractivity contribution in [3.63, 3.8) is 0 Å². The quantitative estimate of drug-likeness (QED) is 0.788. The zero-order chi connectivity index (χ0) is 10.4. The maximum Gasteiger partial charge on any atom is 0.109 e. The molecule has 3 heteroatoms. The van der Waals surface area contributed by atoms with Crippen LogP contribution in [-0.2, 0) is 0 Å². The predicted molar refractivity (Wildman–Crippen MR) is 64.5 cm³/mol. The number of hydrogen-bond acceptors (Lipinski definition) is 2. The van der Waals surface area contributed by atoms with Gasteiger partial charge in [-0.05, 0) is 51.5 Å². The molecule has 0 amide bonds. The van der Waals surface area contributed by atoms with Gasteiger partial charge in [0.2, 0.25) is 0 Å². The van der Waals surface area contributed by atoms with Crippen LogP contribution in [0.3, 0.4) is 0 Å². The molecule has 2 heterocycles. The highest BCUT2D eigenvalue weighted by Gasteiger charge is 2.36. The average Bonchev–Trinajstić information content (AvgIpc) is 2.54. The summed E-state index contributed by atoms with van der Waals surface area (Å²) in [4.78, 5) is 4.35. The average molecular weight is 265 g/mol. The number of aromatic nitrogens is 1. The van der Waals surface area contributed by atoms with Crippen LogP contribution in [0.5, 0.6) is 0 Å². The van der Waals surface area contributed by atoms with Crippen molar-refractivity contribution in [3.8, 4) is 0 Å². The zero-order valence-electron chi connectivity index (χ0n) is 8.63. The van der Waals surface area contributed by atoms with E-state index in [-0.39, 0.29) is 0 Å². The third kappa shape index (κ3) is 1.45. The number of nitrogens with one attached hydrogen (secondary N) is 1. The van der Waals surface area contributed by atoms with Crippen molar-refractivity contribution in [1.82, 2.24) is 10.3 Å². The summed E-state index contributed by atoms with van der Waals surface area (Å²) in [6, 6.07) is 2.22. The normalized spacial score (nSPS) is 28.3. The third-order valence-electron chi connectivity index (χ3n) is 3.40. The summed E-state index contributed by atoms with van der Waals surface area (Å²) in [7, 11) is 0. The smallest absolute Gasteiger partial charge is 0.109 e. The fourth-order valence-corrected chi connectivity index (χ4v) is 2.69. The lowest BCUT2D eigenvalue weighted by Gasteiger charge is -2.29. The Bertz CT molecular complexity index is 439. The van der Waals surface area contributed by atoms with Crippen LogP contribution in [0.4, 0.5) is 0 Å². The second-order valence-corrected chi connectivity index (χ2v) is 5.13. The van der Waals surface area contributed by atoms with Gasteiger partial charge in [-0.25, -0.2) is 4.98 Å². The highest BCUT2D eigenvalue weighted by Crippen LogP contribution is 2.42. The minimum Gasteiger partial charge on any atom is -0.315 e. The van der Waals surface area contributed by atoms with Crippen LogP contribution in [0, 0.1) is 18.8 Å². The highest BCUT2D eigenvalue weighted by molar-refractivity contribution is 9.10. The molecular formula is C12H13BrN2. The summed E-state index contributed by atoms with van der Waals surface area (Å²) < 4.78 is 0.951. The van der Waals surface area contributed by atoms with Gasteiger partial charge in [-0.3, -0.25) is 0 Å². The van der Waals surface area contributed by atoms with E-state index in [2.05, 4.69) is 45.3 Å². The first kappa shape index (κ1) is 9.55. The number of nitrogens with zero attached hydrogens (tertiary/aromatic N) is 1. The molecule has 1 aromatic heterocycles. The maximum absolute atomic E-state index is 4.35. The van der Waals surface area contributed by atoms with E-state index < -0.39 is 0 Å². The summed E-state index contributed by atoms with van der Waals surface area (Å²) in [5, 5.41) is 3.43. The molecule has 1 aromatic rings. The van der Waals surface area contributed by atoms with Gasteiger partial charge in [0.15, 0.2) is 0 Å². The molecule has 1 N–H and O–H groups in total. The van der Waals surface area contributed by atoms with E-state index in [0.717, 1.165) is 29.5 Å². The standard InChI is InChI=1S/C12H13BrN2/c1-7-2-8(5-15-12(7)13)10-3-9-4-14-6-11(9)10/h2-3,5,9,11,14H,4,6H2,1H3/t9-,11+/m0/s1. The van der Waals surface area contributed by atoms with Gasteiger partial charge in [0.1, 0.15) is 4.60 Å². The van der Waals surface area contributed by atoms with E-state index in [4.69, 9.17) is 0 Å². The molecule has 3 rings (SSSR count). The molecule has 1 aliphatic heterocycles. The fraction of sp³-hybridized carbons (Fsp3) is 0.417. The molecule has 0 saturated carbocycles. The number of halogens is 1. The minimum absolute atomic E-state index is 0.729. The highest BCUT2D eigenvalue weighted by atomic mass is 79.9. The van der Waals surface area contributed by atoms with E-state index in [1.165, 1.54) is 16.7 Å². The molecule has 2 nitrogen and oxygen atoms in total. The second kappa shape index (κ2) is 3.42. The molecule has 0 radical (unpaired) electrons. The Morgan fingerprint density at radius 1 is 1.47 bits per heavy atom. The Kier molecular flexibility index (Phi) is 2.18. The van der Waals surface area contributed by atoms with Crippen LogP contribution >= 0.6 is 15.9 Å². The van der Waals surface area contributed by atoms with Crippen LogP contribution in [0.2, 0.25) is 0 Å². The van der Waals surface area contributed by atoms with Crippen molar-refractivity contribution < 1.29 is 0 Å². The van der Waals surface area contributed by atoms with Crippen LogP contribution < -0.4 is 5.32 Å². The largest absolute Gasteiger partial charge is 0.315 e. The van der Waals surface area contributed by atoms with Gasteiger partial charge >= 0.3 is 0 Å². The van der Waals surface area contributed by atoms with Gasteiger partial charge in [-0.2, -0.15) is 0 Å². The summed E-state index contributed by atoms with van der Waals surface area (Å²) in [6.07, 6.45) is 4.35. The molecule has 78 valence electrons. The van der Waals surface area contributed by atoms with E-state index in [0.29, 0.717) is 0 Å². The molecule has 1 aliphatic carbocycles. The molecule has 0 bridgehead atoms. The summed E-state index contributed by atoms with van der Waals surface area (Å²) in [6.45, 7) is 4.37. The van der Waals surface area contributed by atoms with Gasteiger partial charge < -0.3 is 5.32 Å². The van der Waals surface area contributed by atoms with Crippen LogP contribution in [0.1, 0.15) is 11.1 Å². The van der Waals surface area contributed by atoms with Crippen molar-refractivity contribution in [2.45, 2.75) is 6.92 Å². The van der Waals surface area contributed by atoms with Gasteiger partial charge in [0.05, 0.1) is 0 Å². The summed E-state index contributed by atoms with van der Waals surface area (Å²) in [5.41, 5.74) is 3.98. The van der Waals surface area contributed by atoms with Crippen molar-refractivity contribution in [1.29, 1.82) is 0 Å². The lowest BCUT2D eigenvalue weighted by molar-refractivity contribution is 0.564. The Morgan fingerprint density at radius 3 is 3.07 bits per heavy atom. The van der Waals surface area contributed by atoms with Crippen LogP contribution in [0.15, 0.2) is 22.9 Å². The number of aryl methyl sites for hydroxylation is 1. The Labute approximate surface area is 97.9 Å². The summed E-state index contributed by atoms with van der Waals surface area (Å²) >= 11 is 3.43. The Hall–Kier alpha value is -0.670. The molecule has 1 fully saturated rings. The Balaban J connectivity index is 1.94. The maximum atomic E-state index is 4.35. The topological polar surface area (TPSA) is 24.9 Å². The van der Waals surface area contributed by atoms with E-state index in [1.54, 1.807) is 0 Å². The van der Waals surface area contributed by atoms with E-state index in [9.17, 15) is 0 Å². The molecule has 1 saturated heterocycles. The molecule has 0 aromatic carbocycles. The number of fused-ring (bicyclic) bond motifs is 1. The fourth-order valence-electron chi connectivity index (χ4n) is 2.48. The van der Waals surface area contributed by atoms with Crippen molar-refractivity contribution in [3.05, 3.63) is 34.1 Å². The molecule has 15 heavy (non-hydrogen) atoms. The van der Waals surface area contributed by atoms with Crippen molar-refractivity contribution in [2.24, 2.45) is 11.8 Å². The third-order valence-corrected chi connectivity index (χ3v) is 4.23. The number of hydrogen-bond donors (Lipinski definition) is 1. The van der Waals surface area contributed by atoms with Gasteiger partial charge in [0, 0.05) is 25.2 Å². The lowest BCUT2D eigenvalue weighted by atomic mass is 9.74. The minimum atomic E-state index is 0.729. The first-order chi connectivity index (χ1) is 7.25. The SMILES string of the molecule is Cc1cc(C2=C[C@H]3CNC[C@@H]23)cnc1Br. The predicted octanol–water partition coefficient (Wildman–Crippen LogP) is 2.39. The second-order valence-electron chi connectivity index (χ2n) is 4.38. The summed E-state index contributed by atoms with van der Waals surface area (Å²) in [5.74, 6) is 1.50. The van der Waals surface area contributed by atoms with Crippen molar-refractivity contribution >= 4 is 21.5 Å². The van der Waals surface area contributed by atoms with Gasteiger partial charge in [-0.1, -0.05) is 6.08 Å². The monoisotopic (exact) mass is 264 g/mol. The van der Waals surface area contributed by atoms with Crippen LogP contribution in [0.25, 0.3) is 5.57 Å². The lowest BCUT2D eigenvalue weighted by Crippen LogP contribution is -2.22. The first-order valence-electron chi connectivity index (χ1n) is 5.30. The molecule has 0 unspecified atom stereocenters. The van der Waals surface area contributed by atoms with Crippen molar-refractivity contribution in [2.75, 3.05) is 13.1 Å². The molecule has 2 atom stereocenters. The first-order valence-corrected chi connectivity index (χ1v) is 6.10. The zero-order valence-corrected chi connectivity index (χ0v) is 10.2. The Morgan fingerprint density at radius 2 is 2.33 bits per heavy atom. The van der Waals surface area contributed by atoms with E-state index >= 15 is 0 Å². The van der Waals surface area contributed by atoms with E-state index in [1.807, 2.05) is 6.20 Å². The van der Waals surface area contributed by atoms with Gasteiger partial charge in [0.25, 0.3) is 0 Å². The number of rotatable bonds is 1. The molecule has 0 spiro atoms. The van der Waals surface area contributed by atoms with Gasteiger partial charge in [-0.15, -0.1) is 0 Å².